The standard InChI is InChI=1S/C16H26N2O2/c1-6-11(2)18-14-7-8-17(5)10-12(14)9-13(15(18)19)16(3,4)20/h9,11,20H,6-8,10H2,1-5H3. The van der Waals surface area contributed by atoms with Gasteiger partial charge in [-0.1, -0.05) is 6.92 Å². The van der Waals surface area contributed by atoms with Crippen LogP contribution < -0.4 is 5.56 Å². The summed E-state index contributed by atoms with van der Waals surface area (Å²) in [5.74, 6) is 0. The number of fused-ring (bicyclic) bond motifs is 1. The molecule has 0 saturated carbocycles. The van der Waals surface area contributed by atoms with Gasteiger partial charge < -0.3 is 14.6 Å². The summed E-state index contributed by atoms with van der Waals surface area (Å²) >= 11 is 0. The van der Waals surface area contributed by atoms with Crippen LogP contribution in [0.4, 0.5) is 0 Å². The molecule has 1 aliphatic rings. The van der Waals surface area contributed by atoms with Gasteiger partial charge in [0.2, 0.25) is 0 Å². The van der Waals surface area contributed by atoms with E-state index in [0.29, 0.717) is 5.56 Å². The Balaban J connectivity index is 2.71. The van der Waals surface area contributed by atoms with Gasteiger partial charge in [0.25, 0.3) is 5.56 Å². The highest BCUT2D eigenvalue weighted by Crippen LogP contribution is 2.25. The first-order valence-corrected chi connectivity index (χ1v) is 7.44. The SMILES string of the molecule is CCC(C)n1c2c(cc(C(C)(C)O)c1=O)CN(C)CC2. The molecule has 1 aromatic heterocycles. The van der Waals surface area contributed by atoms with Gasteiger partial charge in [-0.2, -0.15) is 0 Å². The lowest BCUT2D eigenvalue weighted by atomic mass is 9.94. The molecule has 4 heteroatoms. The van der Waals surface area contributed by atoms with E-state index in [0.717, 1.165) is 31.6 Å². The van der Waals surface area contributed by atoms with E-state index >= 15 is 0 Å². The molecule has 0 saturated heterocycles. The van der Waals surface area contributed by atoms with Gasteiger partial charge in [-0.3, -0.25) is 4.79 Å². The molecular weight excluding hydrogens is 252 g/mol. The highest BCUT2D eigenvalue weighted by molar-refractivity contribution is 5.32. The number of likely N-dealkylation sites (N-methyl/N-ethyl adjacent to an activating group) is 1. The van der Waals surface area contributed by atoms with Gasteiger partial charge in [-0.25, -0.2) is 0 Å². The van der Waals surface area contributed by atoms with Crippen LogP contribution in [0.15, 0.2) is 10.9 Å². The van der Waals surface area contributed by atoms with E-state index in [-0.39, 0.29) is 11.6 Å². The van der Waals surface area contributed by atoms with E-state index in [1.54, 1.807) is 13.8 Å². The van der Waals surface area contributed by atoms with Crippen LogP contribution in [0.5, 0.6) is 0 Å². The Morgan fingerprint density at radius 1 is 1.45 bits per heavy atom. The molecule has 1 N–H and O–H groups in total. The lowest BCUT2D eigenvalue weighted by Crippen LogP contribution is -2.39. The van der Waals surface area contributed by atoms with Crippen LogP contribution in [-0.4, -0.2) is 28.2 Å². The summed E-state index contributed by atoms with van der Waals surface area (Å²) < 4.78 is 1.91. The Morgan fingerprint density at radius 2 is 2.10 bits per heavy atom. The molecule has 0 radical (unpaired) electrons. The van der Waals surface area contributed by atoms with Crippen LogP contribution in [0.1, 0.15) is 57.0 Å². The summed E-state index contributed by atoms with van der Waals surface area (Å²) in [4.78, 5) is 15.0. The van der Waals surface area contributed by atoms with E-state index in [1.165, 1.54) is 5.56 Å². The van der Waals surface area contributed by atoms with E-state index in [9.17, 15) is 9.90 Å². The first-order chi connectivity index (χ1) is 9.25. The number of nitrogens with zero attached hydrogens (tertiary/aromatic N) is 2. The molecule has 0 aliphatic carbocycles. The molecule has 0 spiro atoms. The molecule has 1 unspecified atom stereocenters. The fourth-order valence-electron chi connectivity index (χ4n) is 2.90. The summed E-state index contributed by atoms with van der Waals surface area (Å²) in [7, 11) is 2.09. The van der Waals surface area contributed by atoms with Crippen molar-refractivity contribution in [2.24, 2.45) is 0 Å². The van der Waals surface area contributed by atoms with Gasteiger partial charge in [-0.05, 0) is 45.9 Å². The Labute approximate surface area is 121 Å². The number of pyridine rings is 1. The fraction of sp³-hybridized carbons (Fsp3) is 0.688. The zero-order valence-corrected chi connectivity index (χ0v) is 13.2. The largest absolute Gasteiger partial charge is 0.386 e. The lowest BCUT2D eigenvalue weighted by molar-refractivity contribution is 0.0758. The zero-order valence-electron chi connectivity index (χ0n) is 13.2. The summed E-state index contributed by atoms with van der Waals surface area (Å²) in [6.07, 6.45) is 1.81. The normalized spacial score (nSPS) is 17.9. The van der Waals surface area contributed by atoms with Crippen LogP contribution in [0, 0.1) is 0 Å². The monoisotopic (exact) mass is 278 g/mol. The van der Waals surface area contributed by atoms with Crippen molar-refractivity contribution in [3.63, 3.8) is 0 Å². The molecule has 112 valence electrons. The van der Waals surface area contributed by atoms with Gasteiger partial charge in [0.15, 0.2) is 0 Å². The smallest absolute Gasteiger partial charge is 0.257 e. The van der Waals surface area contributed by atoms with Crippen LogP contribution in [0.2, 0.25) is 0 Å². The van der Waals surface area contributed by atoms with Crippen molar-refractivity contribution in [2.75, 3.05) is 13.6 Å². The highest BCUT2D eigenvalue weighted by Gasteiger charge is 2.27. The van der Waals surface area contributed by atoms with Gasteiger partial charge >= 0.3 is 0 Å². The lowest BCUT2D eigenvalue weighted by Gasteiger charge is -2.32. The number of hydrogen-bond acceptors (Lipinski definition) is 3. The summed E-state index contributed by atoms with van der Waals surface area (Å²) in [5, 5.41) is 10.3. The highest BCUT2D eigenvalue weighted by atomic mass is 16.3. The van der Waals surface area contributed by atoms with Crippen molar-refractivity contribution in [1.29, 1.82) is 0 Å². The second-order valence-electron chi connectivity index (χ2n) is 6.51. The average molecular weight is 278 g/mol. The first-order valence-electron chi connectivity index (χ1n) is 7.44. The van der Waals surface area contributed by atoms with Gasteiger partial charge in [0, 0.05) is 36.8 Å². The predicted octanol–water partition coefficient (Wildman–Crippen LogP) is 2.03. The van der Waals surface area contributed by atoms with Gasteiger partial charge in [0.05, 0.1) is 5.60 Å². The van der Waals surface area contributed by atoms with Gasteiger partial charge in [-0.15, -0.1) is 0 Å². The molecule has 0 aromatic carbocycles. The van der Waals surface area contributed by atoms with E-state index < -0.39 is 5.60 Å². The molecule has 1 aliphatic heterocycles. The Bertz CT molecular complexity index is 555. The number of aromatic nitrogens is 1. The maximum Gasteiger partial charge on any atom is 0.257 e. The second-order valence-corrected chi connectivity index (χ2v) is 6.51. The molecule has 2 heterocycles. The van der Waals surface area contributed by atoms with Crippen molar-refractivity contribution in [1.82, 2.24) is 9.47 Å². The molecule has 1 atom stereocenters. The maximum absolute atomic E-state index is 12.8. The molecule has 0 bridgehead atoms. The molecule has 1 aromatic rings. The third-order valence-corrected chi connectivity index (χ3v) is 4.29. The fourth-order valence-corrected chi connectivity index (χ4v) is 2.90. The number of hydrogen-bond donors (Lipinski definition) is 1. The second kappa shape index (κ2) is 5.34. The maximum atomic E-state index is 12.8. The summed E-state index contributed by atoms with van der Waals surface area (Å²) in [5.41, 5.74) is 1.70. The third-order valence-electron chi connectivity index (χ3n) is 4.29. The average Bonchev–Trinajstić information content (AvgIpc) is 2.36. The Kier molecular flexibility index (Phi) is 4.07. The molecule has 20 heavy (non-hydrogen) atoms. The van der Waals surface area contributed by atoms with Crippen LogP contribution in [-0.2, 0) is 18.6 Å². The molecule has 0 amide bonds. The van der Waals surface area contributed by atoms with Gasteiger partial charge in [0.1, 0.15) is 0 Å². The number of rotatable bonds is 3. The van der Waals surface area contributed by atoms with Crippen LogP contribution >= 0.6 is 0 Å². The third kappa shape index (κ3) is 2.67. The van der Waals surface area contributed by atoms with E-state index in [4.69, 9.17) is 0 Å². The Morgan fingerprint density at radius 3 is 2.65 bits per heavy atom. The minimum absolute atomic E-state index is 0.0323. The molecular formula is C16H26N2O2. The van der Waals surface area contributed by atoms with Crippen molar-refractivity contribution < 1.29 is 5.11 Å². The van der Waals surface area contributed by atoms with Crippen molar-refractivity contribution in [2.45, 2.75) is 58.7 Å². The van der Waals surface area contributed by atoms with Crippen molar-refractivity contribution in [3.05, 3.63) is 33.2 Å². The molecule has 2 rings (SSSR count). The minimum Gasteiger partial charge on any atom is -0.386 e. The molecule has 4 nitrogen and oxygen atoms in total. The van der Waals surface area contributed by atoms with E-state index in [2.05, 4.69) is 25.8 Å². The van der Waals surface area contributed by atoms with Crippen molar-refractivity contribution in [3.8, 4) is 0 Å². The quantitative estimate of drug-likeness (QED) is 0.920. The van der Waals surface area contributed by atoms with Crippen LogP contribution in [0.25, 0.3) is 0 Å². The molecule has 0 fully saturated rings. The van der Waals surface area contributed by atoms with Crippen molar-refractivity contribution >= 4 is 0 Å². The predicted molar refractivity (Wildman–Crippen MR) is 81.0 cm³/mol. The minimum atomic E-state index is -1.10. The topological polar surface area (TPSA) is 45.5 Å². The van der Waals surface area contributed by atoms with Crippen LogP contribution in [0.3, 0.4) is 0 Å². The summed E-state index contributed by atoms with van der Waals surface area (Å²) in [6.45, 7) is 9.36. The Hall–Kier alpha value is -1.13. The zero-order chi connectivity index (χ0) is 15.1. The first kappa shape index (κ1) is 15.3. The number of aliphatic hydroxyl groups is 1. The van der Waals surface area contributed by atoms with E-state index in [1.807, 2.05) is 10.6 Å². The summed E-state index contributed by atoms with van der Waals surface area (Å²) in [6, 6.07) is 2.08.